The number of fused-ring (bicyclic) bond motifs is 13. The van der Waals surface area contributed by atoms with Crippen LogP contribution in [0.4, 0.5) is 0 Å². The van der Waals surface area contributed by atoms with Crippen molar-refractivity contribution in [1.29, 1.82) is 0 Å². The van der Waals surface area contributed by atoms with Crippen molar-refractivity contribution < 1.29 is 13.3 Å². The Hall–Kier alpha value is -7.89. The van der Waals surface area contributed by atoms with E-state index in [0.717, 1.165) is 95.8 Å². The number of rotatable bonds is 4. The molecule has 9 aromatic carbocycles. The largest absolute Gasteiger partial charge is 0.456 e. The van der Waals surface area contributed by atoms with Crippen LogP contribution >= 0.6 is 0 Å². The third-order valence-corrected chi connectivity index (χ3v) is 14.2. The molecular formula is C59H40N2O3. The van der Waals surface area contributed by atoms with Crippen molar-refractivity contribution in [3.63, 3.8) is 0 Å². The first-order chi connectivity index (χ1) is 31.6. The summed E-state index contributed by atoms with van der Waals surface area (Å²) < 4.78 is 22.3. The van der Waals surface area contributed by atoms with Gasteiger partial charge >= 0.3 is 0 Å². The first-order valence-electron chi connectivity index (χ1n) is 22.4. The molecule has 0 aliphatic carbocycles. The van der Waals surface area contributed by atoms with Crippen molar-refractivity contribution in [3.05, 3.63) is 199 Å². The number of hydrogen-bond donors (Lipinski definition) is 0. The summed E-state index contributed by atoms with van der Waals surface area (Å²) in [6.45, 7) is 2.38. The molecule has 0 fully saturated rings. The van der Waals surface area contributed by atoms with E-state index in [9.17, 15) is 0 Å². The van der Waals surface area contributed by atoms with Crippen LogP contribution in [0.2, 0.25) is 0 Å². The first-order valence-corrected chi connectivity index (χ1v) is 22.4. The summed E-state index contributed by atoms with van der Waals surface area (Å²) in [5, 5.41) is 11.7. The molecule has 64 heavy (non-hydrogen) atoms. The highest BCUT2D eigenvalue weighted by Gasteiger charge is 2.34. The lowest BCUT2D eigenvalue weighted by molar-refractivity contribution is 0.511. The second-order valence-electron chi connectivity index (χ2n) is 17.7. The zero-order valence-corrected chi connectivity index (χ0v) is 35.1. The van der Waals surface area contributed by atoms with Crippen LogP contribution in [-0.4, -0.2) is 10.3 Å². The zero-order chi connectivity index (χ0) is 42.0. The Morgan fingerprint density at radius 2 is 1.00 bits per heavy atom. The van der Waals surface area contributed by atoms with Crippen molar-refractivity contribution >= 4 is 104 Å². The molecule has 0 spiro atoms. The topological polar surface area (TPSA) is 56.7 Å². The summed E-state index contributed by atoms with van der Waals surface area (Å²) in [5.74, 6) is 0.196. The van der Waals surface area contributed by atoms with Gasteiger partial charge in [0, 0.05) is 66.3 Å². The minimum Gasteiger partial charge on any atom is -0.456 e. The summed E-state index contributed by atoms with van der Waals surface area (Å²) in [7, 11) is 0. The fourth-order valence-electron chi connectivity index (χ4n) is 11.4. The minimum atomic E-state index is -0.187. The summed E-state index contributed by atoms with van der Waals surface area (Å²) in [4.78, 5) is 6.06. The monoisotopic (exact) mass is 824 g/mol. The highest BCUT2D eigenvalue weighted by Crippen LogP contribution is 2.48. The van der Waals surface area contributed by atoms with Gasteiger partial charge < -0.3 is 17.8 Å². The van der Waals surface area contributed by atoms with Gasteiger partial charge in [-0.15, -0.1) is 0 Å². The maximum Gasteiger partial charge on any atom is 0.137 e. The minimum absolute atomic E-state index is 0.0499. The predicted octanol–water partition coefficient (Wildman–Crippen LogP) is 16.4. The molecule has 14 rings (SSSR count). The van der Waals surface area contributed by atoms with Gasteiger partial charge in [0.25, 0.3) is 0 Å². The van der Waals surface area contributed by atoms with Gasteiger partial charge in [-0.05, 0) is 95.3 Å². The molecule has 3 atom stereocenters. The van der Waals surface area contributed by atoms with Gasteiger partial charge in [-0.1, -0.05) is 128 Å². The van der Waals surface area contributed by atoms with Crippen LogP contribution in [0.25, 0.3) is 104 Å². The van der Waals surface area contributed by atoms with Gasteiger partial charge in [0.1, 0.15) is 33.5 Å². The zero-order valence-electron chi connectivity index (χ0n) is 35.1. The molecule has 0 amide bonds. The molecule has 4 aromatic heterocycles. The number of para-hydroxylation sites is 4. The van der Waals surface area contributed by atoms with E-state index >= 15 is 0 Å². The van der Waals surface area contributed by atoms with E-state index in [1.807, 2.05) is 6.07 Å². The highest BCUT2D eigenvalue weighted by atomic mass is 16.3. The van der Waals surface area contributed by atoms with Gasteiger partial charge in [-0.2, -0.15) is 0 Å². The Kier molecular flexibility index (Phi) is 7.56. The van der Waals surface area contributed by atoms with Crippen LogP contribution in [-0.2, 0) is 0 Å². The van der Waals surface area contributed by atoms with E-state index in [1.165, 1.54) is 43.6 Å². The van der Waals surface area contributed by atoms with Gasteiger partial charge in [0.2, 0.25) is 0 Å². The Morgan fingerprint density at radius 1 is 0.438 bits per heavy atom. The molecule has 0 bridgehead atoms. The third-order valence-electron chi connectivity index (χ3n) is 14.2. The van der Waals surface area contributed by atoms with E-state index in [-0.39, 0.29) is 17.9 Å². The average molecular weight is 825 g/mol. The summed E-state index contributed by atoms with van der Waals surface area (Å²) in [5.41, 5.74) is 13.4. The standard InChI is InChI=1S/C59H40N2O3/c1-34-38(40-20-12-26-53-56(40)41-17-5-9-23-50(41)62-53)28-29-47(60-59(34)44-21-13-27-54-57(44)42-18-6-10-24-51(42)63-54)46-32-37(33-55-58(46)43-19-7-11-25-52(43)64-55)61-48-22-8-4-16-39(48)45-30-35-14-2-3-15-36(35)31-49(45)61/h2-27,30-34,38,47H,28-29H2,1H3/t34-,38?,47?/m0/s1. The lowest BCUT2D eigenvalue weighted by Crippen LogP contribution is -2.20. The van der Waals surface area contributed by atoms with Crippen LogP contribution in [0, 0.1) is 5.92 Å². The van der Waals surface area contributed by atoms with Crippen LogP contribution in [0.5, 0.6) is 0 Å². The molecular weight excluding hydrogens is 785 g/mol. The molecule has 0 saturated heterocycles. The van der Waals surface area contributed by atoms with Gasteiger partial charge in [-0.3, -0.25) is 4.99 Å². The molecule has 5 nitrogen and oxygen atoms in total. The molecule has 5 heterocycles. The van der Waals surface area contributed by atoms with E-state index < -0.39 is 0 Å². The summed E-state index contributed by atoms with van der Waals surface area (Å²) >= 11 is 0. The summed E-state index contributed by atoms with van der Waals surface area (Å²) in [6, 6.07) is 65.0. The fourth-order valence-corrected chi connectivity index (χ4v) is 11.4. The molecule has 1 aliphatic heterocycles. The Morgan fingerprint density at radius 3 is 1.73 bits per heavy atom. The van der Waals surface area contributed by atoms with E-state index in [0.29, 0.717) is 0 Å². The Labute approximate surface area is 367 Å². The van der Waals surface area contributed by atoms with E-state index in [1.54, 1.807) is 0 Å². The van der Waals surface area contributed by atoms with E-state index in [2.05, 4.69) is 187 Å². The molecule has 5 heteroatoms. The molecule has 13 aromatic rings. The number of nitrogens with zero attached hydrogens (tertiary/aromatic N) is 2. The number of hydrogen-bond acceptors (Lipinski definition) is 4. The second-order valence-corrected chi connectivity index (χ2v) is 17.7. The van der Waals surface area contributed by atoms with Crippen LogP contribution in [0.1, 0.15) is 48.4 Å². The Bertz CT molecular complexity index is 4080. The lowest BCUT2D eigenvalue weighted by atomic mass is 9.78. The quantitative estimate of drug-likeness (QED) is 0.178. The van der Waals surface area contributed by atoms with Gasteiger partial charge in [0.15, 0.2) is 0 Å². The number of aromatic nitrogens is 1. The van der Waals surface area contributed by atoms with Crippen molar-refractivity contribution in [1.82, 2.24) is 4.57 Å². The van der Waals surface area contributed by atoms with Crippen molar-refractivity contribution in [2.75, 3.05) is 0 Å². The van der Waals surface area contributed by atoms with E-state index in [4.69, 9.17) is 18.2 Å². The van der Waals surface area contributed by atoms with Crippen molar-refractivity contribution in [2.45, 2.75) is 31.7 Å². The molecule has 304 valence electrons. The third kappa shape index (κ3) is 5.15. The summed E-state index contributed by atoms with van der Waals surface area (Å²) in [6.07, 6.45) is 1.76. The normalized spacial score (nSPS) is 17.3. The molecule has 2 unspecified atom stereocenters. The average Bonchev–Trinajstić information content (AvgIpc) is 4.08. The molecule has 0 saturated carbocycles. The maximum absolute atomic E-state index is 6.86. The molecule has 0 N–H and O–H groups in total. The number of aliphatic imine (C=N–C) groups is 1. The van der Waals surface area contributed by atoms with Crippen molar-refractivity contribution in [2.24, 2.45) is 10.9 Å². The number of benzene rings is 9. The first kappa shape index (κ1) is 35.7. The smallest absolute Gasteiger partial charge is 0.137 e. The van der Waals surface area contributed by atoms with Gasteiger partial charge in [-0.25, -0.2) is 0 Å². The van der Waals surface area contributed by atoms with Crippen LogP contribution < -0.4 is 0 Å². The highest BCUT2D eigenvalue weighted by molar-refractivity contribution is 6.20. The lowest BCUT2D eigenvalue weighted by Gasteiger charge is -2.25. The Balaban J connectivity index is 1.05. The fraction of sp³-hybridized carbons (Fsp3) is 0.102. The SMILES string of the molecule is C[C@@H]1C(c2cccc3oc4ccccc4c23)=NC(c2cc(-n3c4ccccc4c4cc5ccccc5cc43)cc3oc4ccccc4c23)CCC1c1cccc2oc3ccccc3c12. The predicted molar refractivity (Wildman–Crippen MR) is 263 cm³/mol. The van der Waals surface area contributed by atoms with Gasteiger partial charge in [0.05, 0.1) is 22.8 Å². The maximum atomic E-state index is 6.86. The second kappa shape index (κ2) is 13.6. The van der Waals surface area contributed by atoms with Crippen LogP contribution in [0.15, 0.2) is 200 Å². The van der Waals surface area contributed by atoms with Crippen LogP contribution in [0.3, 0.4) is 0 Å². The molecule has 1 aliphatic rings. The molecule has 0 radical (unpaired) electrons. The number of furan rings is 3. The van der Waals surface area contributed by atoms with Crippen molar-refractivity contribution in [3.8, 4) is 5.69 Å².